The summed E-state index contributed by atoms with van der Waals surface area (Å²) in [5.41, 5.74) is 1.40. The van der Waals surface area contributed by atoms with Gasteiger partial charge in [-0.25, -0.2) is 0 Å². The molecule has 0 bridgehead atoms. The minimum Gasteiger partial charge on any atom is -0.353 e. The number of benzene rings is 1. The van der Waals surface area contributed by atoms with Crippen molar-refractivity contribution in [3.8, 4) is 0 Å². The second kappa shape index (κ2) is 4.69. The molecule has 0 saturated heterocycles. The molecule has 1 amide bonds. The second-order valence-electron chi connectivity index (χ2n) is 4.94. The Morgan fingerprint density at radius 2 is 1.88 bits per heavy atom. The van der Waals surface area contributed by atoms with E-state index in [0.29, 0.717) is 12.0 Å². The van der Waals surface area contributed by atoms with E-state index in [1.54, 1.807) is 0 Å². The van der Waals surface area contributed by atoms with Crippen LogP contribution in [0.25, 0.3) is 0 Å². The molecule has 0 radical (unpaired) electrons. The van der Waals surface area contributed by atoms with Crippen LogP contribution in [-0.4, -0.2) is 11.9 Å². The average molecular weight is 217 g/mol. The summed E-state index contributed by atoms with van der Waals surface area (Å²) >= 11 is 0. The molecule has 0 aliphatic heterocycles. The highest BCUT2D eigenvalue weighted by molar-refractivity contribution is 5.78. The molecule has 2 rings (SSSR count). The molecule has 1 saturated carbocycles. The minimum atomic E-state index is 0.0933. The summed E-state index contributed by atoms with van der Waals surface area (Å²) in [7, 11) is 0. The number of carbonyl (C=O) groups is 1. The molecular formula is C14H19NO. The topological polar surface area (TPSA) is 29.1 Å². The van der Waals surface area contributed by atoms with E-state index in [2.05, 4.69) is 29.6 Å². The summed E-state index contributed by atoms with van der Waals surface area (Å²) in [5.74, 6) is 0.908. The van der Waals surface area contributed by atoms with E-state index >= 15 is 0 Å². The zero-order valence-electron chi connectivity index (χ0n) is 9.94. The number of hydrogen-bond acceptors (Lipinski definition) is 1. The number of hydrogen-bond donors (Lipinski definition) is 1. The van der Waals surface area contributed by atoms with E-state index in [1.165, 1.54) is 5.56 Å². The van der Waals surface area contributed by atoms with Gasteiger partial charge in [0, 0.05) is 12.0 Å². The molecule has 1 aliphatic carbocycles. The molecule has 1 aromatic carbocycles. The number of nitrogens with one attached hydrogen (secondary N) is 1. The van der Waals surface area contributed by atoms with Crippen LogP contribution in [0.2, 0.25) is 0 Å². The van der Waals surface area contributed by atoms with Gasteiger partial charge in [0.15, 0.2) is 0 Å². The Hall–Kier alpha value is -1.31. The van der Waals surface area contributed by atoms with Crippen LogP contribution in [0.4, 0.5) is 0 Å². The summed E-state index contributed by atoms with van der Waals surface area (Å²) in [4.78, 5) is 11.5. The number of amides is 1. The van der Waals surface area contributed by atoms with E-state index in [1.807, 2.05) is 19.9 Å². The highest BCUT2D eigenvalue weighted by Crippen LogP contribution is 2.36. The molecule has 1 N–H and O–H groups in total. The quantitative estimate of drug-likeness (QED) is 0.828. The summed E-state index contributed by atoms with van der Waals surface area (Å²) in [6.07, 6.45) is 2.17. The molecule has 1 fully saturated rings. The Balaban J connectivity index is 1.80. The first-order valence-electron chi connectivity index (χ1n) is 6.02. The van der Waals surface area contributed by atoms with Crippen LogP contribution in [0, 0.1) is 5.92 Å². The molecule has 86 valence electrons. The first kappa shape index (κ1) is 11.2. The molecule has 1 aliphatic rings. The van der Waals surface area contributed by atoms with Gasteiger partial charge in [-0.3, -0.25) is 4.79 Å². The fraction of sp³-hybridized carbons (Fsp3) is 0.500. The van der Waals surface area contributed by atoms with E-state index in [9.17, 15) is 4.79 Å². The number of carbonyl (C=O) groups excluding carboxylic acids is 1. The van der Waals surface area contributed by atoms with Crippen molar-refractivity contribution in [3.63, 3.8) is 0 Å². The van der Waals surface area contributed by atoms with Gasteiger partial charge in [-0.2, -0.15) is 0 Å². The third-order valence-corrected chi connectivity index (χ3v) is 3.28. The van der Waals surface area contributed by atoms with E-state index < -0.39 is 0 Å². The van der Waals surface area contributed by atoms with Crippen molar-refractivity contribution in [2.24, 2.45) is 5.92 Å². The lowest BCUT2D eigenvalue weighted by Crippen LogP contribution is -2.44. The molecule has 2 nitrogen and oxygen atoms in total. The molecule has 2 heteroatoms. The smallest absolute Gasteiger partial charge is 0.222 e. The predicted octanol–water partition coefficient (Wildman–Crippen LogP) is 2.70. The first-order chi connectivity index (χ1) is 7.66. The molecule has 0 spiro atoms. The zero-order chi connectivity index (χ0) is 11.5. The Bertz CT molecular complexity index is 352. The monoisotopic (exact) mass is 217 g/mol. The van der Waals surface area contributed by atoms with Crippen molar-refractivity contribution < 1.29 is 4.79 Å². The van der Waals surface area contributed by atoms with E-state index in [4.69, 9.17) is 0 Å². The summed E-state index contributed by atoms with van der Waals surface area (Å²) in [5, 5.41) is 3.08. The van der Waals surface area contributed by atoms with E-state index in [-0.39, 0.29) is 11.8 Å². The van der Waals surface area contributed by atoms with Crippen LogP contribution in [0.3, 0.4) is 0 Å². The summed E-state index contributed by atoms with van der Waals surface area (Å²) < 4.78 is 0. The zero-order valence-corrected chi connectivity index (χ0v) is 9.94. The van der Waals surface area contributed by atoms with Gasteiger partial charge in [0.05, 0.1) is 0 Å². The maximum Gasteiger partial charge on any atom is 0.222 e. The van der Waals surface area contributed by atoms with Crippen LogP contribution in [0.1, 0.15) is 38.2 Å². The van der Waals surface area contributed by atoms with Gasteiger partial charge in [-0.1, -0.05) is 44.2 Å². The van der Waals surface area contributed by atoms with Crippen LogP contribution in [0.15, 0.2) is 30.3 Å². The third kappa shape index (κ3) is 2.43. The Morgan fingerprint density at radius 3 is 2.44 bits per heavy atom. The van der Waals surface area contributed by atoms with Crippen molar-refractivity contribution in [2.45, 2.75) is 38.6 Å². The molecule has 0 aromatic heterocycles. The second-order valence-corrected chi connectivity index (χ2v) is 4.94. The van der Waals surface area contributed by atoms with Crippen LogP contribution in [-0.2, 0) is 4.79 Å². The van der Waals surface area contributed by atoms with Gasteiger partial charge in [0.2, 0.25) is 5.91 Å². The molecule has 0 atom stereocenters. The summed E-state index contributed by atoms with van der Waals surface area (Å²) in [6.45, 7) is 3.87. The van der Waals surface area contributed by atoms with Gasteiger partial charge in [0.25, 0.3) is 0 Å². The van der Waals surface area contributed by atoms with Crippen molar-refractivity contribution in [3.05, 3.63) is 35.9 Å². The highest BCUT2D eigenvalue weighted by atomic mass is 16.1. The van der Waals surface area contributed by atoms with E-state index in [0.717, 1.165) is 12.8 Å². The number of rotatable bonds is 3. The lowest BCUT2D eigenvalue weighted by Gasteiger charge is -2.36. The average Bonchev–Trinajstić information content (AvgIpc) is 2.23. The predicted molar refractivity (Wildman–Crippen MR) is 65.2 cm³/mol. The van der Waals surface area contributed by atoms with Crippen LogP contribution >= 0.6 is 0 Å². The van der Waals surface area contributed by atoms with Gasteiger partial charge in [-0.05, 0) is 24.3 Å². The van der Waals surface area contributed by atoms with Crippen LogP contribution in [0.5, 0.6) is 0 Å². The van der Waals surface area contributed by atoms with Gasteiger partial charge < -0.3 is 5.32 Å². The van der Waals surface area contributed by atoms with Crippen molar-refractivity contribution in [1.82, 2.24) is 5.32 Å². The van der Waals surface area contributed by atoms with Gasteiger partial charge in [-0.15, -0.1) is 0 Å². The fourth-order valence-electron chi connectivity index (χ4n) is 2.10. The normalized spacial score (nSPS) is 23.9. The fourth-order valence-corrected chi connectivity index (χ4v) is 2.10. The molecule has 0 heterocycles. The minimum absolute atomic E-state index is 0.0933. The lowest BCUT2D eigenvalue weighted by atomic mass is 9.76. The summed E-state index contributed by atoms with van der Waals surface area (Å²) in [6, 6.07) is 10.9. The molecule has 16 heavy (non-hydrogen) atoms. The standard InChI is InChI=1S/C14H19NO/c1-10(2)14(16)15-13-8-12(9-13)11-6-4-3-5-7-11/h3-7,10,12-13H,8-9H2,1-2H3,(H,15,16). The first-order valence-corrected chi connectivity index (χ1v) is 6.02. The van der Waals surface area contributed by atoms with Gasteiger partial charge >= 0.3 is 0 Å². The lowest BCUT2D eigenvalue weighted by molar-refractivity contribution is -0.125. The van der Waals surface area contributed by atoms with Crippen molar-refractivity contribution >= 4 is 5.91 Å². The Morgan fingerprint density at radius 1 is 1.25 bits per heavy atom. The van der Waals surface area contributed by atoms with Crippen LogP contribution < -0.4 is 5.32 Å². The molecule has 0 unspecified atom stereocenters. The molecular weight excluding hydrogens is 198 g/mol. The highest BCUT2D eigenvalue weighted by Gasteiger charge is 2.31. The van der Waals surface area contributed by atoms with Crippen molar-refractivity contribution in [2.75, 3.05) is 0 Å². The molecule has 1 aromatic rings. The van der Waals surface area contributed by atoms with Gasteiger partial charge in [0.1, 0.15) is 0 Å². The third-order valence-electron chi connectivity index (χ3n) is 3.28. The Labute approximate surface area is 97.1 Å². The Kier molecular flexibility index (Phi) is 3.28. The SMILES string of the molecule is CC(C)C(=O)NC1CC(c2ccccc2)C1. The maximum atomic E-state index is 11.5. The van der Waals surface area contributed by atoms with Crippen molar-refractivity contribution in [1.29, 1.82) is 0 Å². The maximum absolute atomic E-state index is 11.5. The largest absolute Gasteiger partial charge is 0.353 e.